The van der Waals surface area contributed by atoms with Gasteiger partial charge in [-0.1, -0.05) is 68.8 Å². The van der Waals surface area contributed by atoms with Gasteiger partial charge in [-0.25, -0.2) is 0 Å². The van der Waals surface area contributed by atoms with Crippen LogP contribution in [-0.4, -0.2) is 18.5 Å². The Labute approximate surface area is 142 Å². The number of anilines is 1. The summed E-state index contributed by atoms with van der Waals surface area (Å²) < 4.78 is 5.26. The molecule has 1 amide bonds. The van der Waals surface area contributed by atoms with Crippen LogP contribution in [0.5, 0.6) is 0 Å². The highest BCUT2D eigenvalue weighted by Crippen LogP contribution is 2.28. The van der Waals surface area contributed by atoms with E-state index in [0.717, 1.165) is 12.0 Å². The quantitative estimate of drug-likeness (QED) is 0.783. The van der Waals surface area contributed by atoms with Crippen molar-refractivity contribution in [2.24, 2.45) is 5.92 Å². The van der Waals surface area contributed by atoms with E-state index in [0.29, 0.717) is 5.69 Å². The van der Waals surface area contributed by atoms with Gasteiger partial charge in [0.25, 0.3) is 5.91 Å². The van der Waals surface area contributed by atoms with Crippen LogP contribution in [0.3, 0.4) is 0 Å². The van der Waals surface area contributed by atoms with E-state index in [2.05, 4.69) is 5.32 Å². The number of hydrogen-bond donors (Lipinski definition) is 1. The molecule has 0 radical (unpaired) electrons. The van der Waals surface area contributed by atoms with Crippen LogP contribution in [0.4, 0.5) is 5.69 Å². The average molecular weight is 325 g/mol. The minimum atomic E-state index is -0.362. The molecule has 4 nitrogen and oxygen atoms in total. The second-order valence-corrected chi connectivity index (χ2v) is 5.80. The summed E-state index contributed by atoms with van der Waals surface area (Å²) >= 11 is 0. The molecular weight excluding hydrogens is 302 g/mol. The van der Waals surface area contributed by atoms with Gasteiger partial charge in [0.05, 0.1) is 5.92 Å². The molecule has 0 spiro atoms. The number of carbonyl (C=O) groups excluding carboxylic acids is 2. The molecule has 2 atom stereocenters. The van der Waals surface area contributed by atoms with Crippen LogP contribution in [-0.2, 0) is 14.3 Å². The molecule has 126 valence electrons. The first-order valence-electron chi connectivity index (χ1n) is 8.18. The van der Waals surface area contributed by atoms with Crippen molar-refractivity contribution < 1.29 is 14.3 Å². The largest absolute Gasteiger partial charge is 0.455 e. The highest BCUT2D eigenvalue weighted by molar-refractivity contribution is 5.93. The van der Waals surface area contributed by atoms with Gasteiger partial charge < -0.3 is 10.1 Å². The van der Waals surface area contributed by atoms with Crippen molar-refractivity contribution in [1.29, 1.82) is 0 Å². The fourth-order valence-corrected chi connectivity index (χ4v) is 2.54. The molecule has 0 heterocycles. The van der Waals surface area contributed by atoms with Gasteiger partial charge in [-0.2, -0.15) is 0 Å². The summed E-state index contributed by atoms with van der Waals surface area (Å²) in [7, 11) is 0. The van der Waals surface area contributed by atoms with Crippen molar-refractivity contribution in [3.05, 3.63) is 66.2 Å². The van der Waals surface area contributed by atoms with E-state index in [9.17, 15) is 9.59 Å². The van der Waals surface area contributed by atoms with Crippen LogP contribution in [0.2, 0.25) is 0 Å². The average Bonchev–Trinajstić information content (AvgIpc) is 2.62. The minimum Gasteiger partial charge on any atom is -0.455 e. The first-order chi connectivity index (χ1) is 11.6. The maximum atomic E-state index is 12.5. The summed E-state index contributed by atoms with van der Waals surface area (Å²) in [5, 5.41) is 2.70. The van der Waals surface area contributed by atoms with Crippen LogP contribution in [0.15, 0.2) is 60.7 Å². The van der Waals surface area contributed by atoms with Crippen molar-refractivity contribution in [2.45, 2.75) is 26.2 Å². The highest BCUT2D eigenvalue weighted by Gasteiger charge is 2.27. The summed E-state index contributed by atoms with van der Waals surface area (Å²) in [5.41, 5.74) is 1.60. The standard InChI is InChI=1S/C20H23NO3/c1-3-15(2)19(16-10-6-4-7-11-16)20(23)24-14-18(22)21-17-12-8-5-9-13-17/h4-13,15,19H,3,14H2,1-2H3,(H,21,22)/t15-,19-/m0/s1. The van der Waals surface area contributed by atoms with E-state index < -0.39 is 0 Å². The molecule has 0 aromatic heterocycles. The van der Waals surface area contributed by atoms with E-state index in [1.807, 2.05) is 62.4 Å². The zero-order chi connectivity index (χ0) is 17.4. The topological polar surface area (TPSA) is 55.4 Å². The fraction of sp³-hybridized carbons (Fsp3) is 0.300. The molecule has 0 bridgehead atoms. The molecule has 2 aromatic carbocycles. The van der Waals surface area contributed by atoms with Gasteiger partial charge >= 0.3 is 5.97 Å². The molecule has 2 rings (SSSR count). The third kappa shape index (κ3) is 4.95. The van der Waals surface area contributed by atoms with E-state index in [4.69, 9.17) is 4.74 Å². The number of esters is 1. The maximum absolute atomic E-state index is 12.5. The van der Waals surface area contributed by atoms with Crippen LogP contribution >= 0.6 is 0 Å². The molecular formula is C20H23NO3. The van der Waals surface area contributed by atoms with Gasteiger partial charge in [-0.3, -0.25) is 9.59 Å². The number of carbonyl (C=O) groups is 2. The van der Waals surface area contributed by atoms with E-state index in [1.54, 1.807) is 12.1 Å². The zero-order valence-corrected chi connectivity index (χ0v) is 14.1. The first-order valence-corrected chi connectivity index (χ1v) is 8.18. The van der Waals surface area contributed by atoms with Crippen molar-refractivity contribution in [3.8, 4) is 0 Å². The SMILES string of the molecule is CC[C@H](C)[C@H](C(=O)OCC(=O)Nc1ccccc1)c1ccccc1. The third-order valence-corrected chi connectivity index (χ3v) is 4.03. The van der Waals surface area contributed by atoms with Gasteiger partial charge in [0.2, 0.25) is 0 Å². The Morgan fingerprint density at radius 3 is 2.17 bits per heavy atom. The molecule has 2 aromatic rings. The van der Waals surface area contributed by atoms with Crippen LogP contribution in [0.1, 0.15) is 31.7 Å². The second kappa shape index (κ2) is 8.87. The van der Waals surface area contributed by atoms with Gasteiger partial charge in [0.15, 0.2) is 6.61 Å². The Morgan fingerprint density at radius 1 is 1.00 bits per heavy atom. The highest BCUT2D eigenvalue weighted by atomic mass is 16.5. The number of amides is 1. The molecule has 0 saturated heterocycles. The van der Waals surface area contributed by atoms with Crippen LogP contribution in [0, 0.1) is 5.92 Å². The Bertz CT molecular complexity index is 655. The molecule has 0 fully saturated rings. The van der Waals surface area contributed by atoms with Gasteiger partial charge in [0.1, 0.15) is 0 Å². The van der Waals surface area contributed by atoms with E-state index in [1.165, 1.54) is 0 Å². The number of nitrogens with one attached hydrogen (secondary N) is 1. The van der Waals surface area contributed by atoms with Crippen LogP contribution in [0.25, 0.3) is 0 Å². The maximum Gasteiger partial charge on any atom is 0.314 e. The third-order valence-electron chi connectivity index (χ3n) is 4.03. The molecule has 0 aliphatic carbocycles. The van der Waals surface area contributed by atoms with Crippen molar-refractivity contribution in [1.82, 2.24) is 0 Å². The lowest BCUT2D eigenvalue weighted by Gasteiger charge is -2.21. The molecule has 0 aliphatic heterocycles. The summed E-state index contributed by atoms with van der Waals surface area (Å²) in [5.74, 6) is -0.929. The number of rotatable bonds is 7. The van der Waals surface area contributed by atoms with Crippen molar-refractivity contribution in [3.63, 3.8) is 0 Å². The van der Waals surface area contributed by atoms with Crippen molar-refractivity contribution >= 4 is 17.6 Å². The minimum absolute atomic E-state index is 0.136. The predicted octanol–water partition coefficient (Wildman–Crippen LogP) is 4.00. The number of benzene rings is 2. The summed E-state index contributed by atoms with van der Waals surface area (Å²) in [6.07, 6.45) is 0.852. The van der Waals surface area contributed by atoms with Crippen molar-refractivity contribution in [2.75, 3.05) is 11.9 Å². The number of hydrogen-bond acceptors (Lipinski definition) is 3. The fourth-order valence-electron chi connectivity index (χ4n) is 2.54. The first kappa shape index (κ1) is 17.7. The smallest absolute Gasteiger partial charge is 0.314 e. The Morgan fingerprint density at radius 2 is 1.58 bits per heavy atom. The number of para-hydroxylation sites is 1. The monoisotopic (exact) mass is 325 g/mol. The molecule has 24 heavy (non-hydrogen) atoms. The molecule has 0 saturated carbocycles. The van der Waals surface area contributed by atoms with Gasteiger partial charge in [0, 0.05) is 5.69 Å². The Balaban J connectivity index is 1.96. The van der Waals surface area contributed by atoms with Crippen LogP contribution < -0.4 is 5.32 Å². The normalized spacial score (nSPS) is 12.9. The molecule has 0 unspecified atom stereocenters. The lowest BCUT2D eigenvalue weighted by atomic mass is 9.86. The van der Waals surface area contributed by atoms with Gasteiger partial charge in [-0.15, -0.1) is 0 Å². The van der Waals surface area contributed by atoms with E-state index in [-0.39, 0.29) is 30.3 Å². The Hall–Kier alpha value is -2.62. The molecule has 0 aliphatic rings. The van der Waals surface area contributed by atoms with E-state index >= 15 is 0 Å². The summed E-state index contributed by atoms with van der Waals surface area (Å²) in [6.45, 7) is 3.77. The zero-order valence-electron chi connectivity index (χ0n) is 14.1. The van der Waals surface area contributed by atoms with Gasteiger partial charge in [-0.05, 0) is 23.6 Å². The summed E-state index contributed by atoms with van der Waals surface area (Å²) in [6, 6.07) is 18.6. The lowest BCUT2D eigenvalue weighted by molar-refractivity contribution is -0.150. The summed E-state index contributed by atoms with van der Waals surface area (Å²) in [4.78, 5) is 24.4. The Kier molecular flexibility index (Phi) is 6.55. The molecule has 4 heteroatoms. The molecule has 1 N–H and O–H groups in total. The predicted molar refractivity (Wildman–Crippen MR) is 94.7 cm³/mol. The lowest BCUT2D eigenvalue weighted by Crippen LogP contribution is -2.26. The number of ether oxygens (including phenoxy) is 1. The second-order valence-electron chi connectivity index (χ2n) is 5.80.